The fourth-order valence-electron chi connectivity index (χ4n) is 3.11. The first-order valence-corrected chi connectivity index (χ1v) is 8.89. The van der Waals surface area contributed by atoms with Gasteiger partial charge < -0.3 is 11.5 Å². The summed E-state index contributed by atoms with van der Waals surface area (Å²) in [5.41, 5.74) is 19.1. The first-order chi connectivity index (χ1) is 12.0. The molecule has 4 aromatic rings. The summed E-state index contributed by atoms with van der Waals surface area (Å²) >= 11 is 1.68. The largest absolute Gasteiger partial charge is 0.399 e. The Labute approximate surface area is 150 Å². The molecule has 124 valence electrons. The van der Waals surface area contributed by atoms with E-state index in [1.54, 1.807) is 11.3 Å². The van der Waals surface area contributed by atoms with Gasteiger partial charge in [-0.2, -0.15) is 0 Å². The molecule has 3 heterocycles. The van der Waals surface area contributed by atoms with Gasteiger partial charge in [-0.1, -0.05) is 18.2 Å². The van der Waals surface area contributed by atoms with Crippen LogP contribution in [0.3, 0.4) is 0 Å². The van der Waals surface area contributed by atoms with Crippen molar-refractivity contribution in [1.82, 2.24) is 9.97 Å². The molecule has 0 amide bonds. The lowest BCUT2D eigenvalue weighted by Gasteiger charge is -2.09. The van der Waals surface area contributed by atoms with Crippen LogP contribution >= 0.6 is 11.3 Å². The lowest BCUT2D eigenvalue weighted by Crippen LogP contribution is -1.95. The van der Waals surface area contributed by atoms with Crippen molar-refractivity contribution in [3.05, 3.63) is 59.4 Å². The number of nitrogens with zero attached hydrogens (tertiary/aromatic N) is 2. The Morgan fingerprint density at radius 2 is 1.64 bits per heavy atom. The number of pyridine rings is 2. The molecule has 5 heteroatoms. The molecule has 25 heavy (non-hydrogen) atoms. The van der Waals surface area contributed by atoms with Gasteiger partial charge in [0.25, 0.3) is 0 Å². The van der Waals surface area contributed by atoms with Crippen LogP contribution in [0.5, 0.6) is 0 Å². The molecule has 4 nitrogen and oxygen atoms in total. The third-order valence-corrected chi connectivity index (χ3v) is 5.37. The molecular weight excluding hydrogens is 328 g/mol. The van der Waals surface area contributed by atoms with Gasteiger partial charge in [0.05, 0.1) is 0 Å². The second-order valence-electron chi connectivity index (χ2n) is 6.12. The van der Waals surface area contributed by atoms with E-state index in [1.165, 1.54) is 0 Å². The van der Waals surface area contributed by atoms with Crippen LogP contribution < -0.4 is 11.5 Å². The molecule has 0 unspecified atom stereocenters. The van der Waals surface area contributed by atoms with Crippen molar-refractivity contribution in [2.45, 2.75) is 13.8 Å². The van der Waals surface area contributed by atoms with E-state index in [4.69, 9.17) is 11.5 Å². The third-order valence-electron chi connectivity index (χ3n) is 4.36. The number of thiophene rings is 1. The second kappa shape index (κ2) is 5.86. The Morgan fingerprint density at radius 3 is 2.36 bits per heavy atom. The van der Waals surface area contributed by atoms with E-state index in [9.17, 15) is 0 Å². The second-order valence-corrected chi connectivity index (χ2v) is 7.00. The van der Waals surface area contributed by atoms with Gasteiger partial charge in [0, 0.05) is 50.0 Å². The van der Waals surface area contributed by atoms with Gasteiger partial charge in [-0.05, 0) is 43.0 Å². The van der Waals surface area contributed by atoms with E-state index < -0.39 is 0 Å². The summed E-state index contributed by atoms with van der Waals surface area (Å²) in [5, 5.41) is 3.13. The summed E-state index contributed by atoms with van der Waals surface area (Å²) in [7, 11) is 0. The standard InChI is InChI=1S/C20H18N4S/c1-11-3-8-15(12(2)24-11)16-9-23-20(22)18-17(10-25-19(16)18)13-4-6-14(21)7-5-13/h3-10H,21H2,1-2H3,(H2,22,23). The molecule has 0 spiro atoms. The molecule has 0 radical (unpaired) electrons. The third kappa shape index (κ3) is 2.62. The monoisotopic (exact) mass is 346 g/mol. The van der Waals surface area contributed by atoms with Gasteiger partial charge in [0.1, 0.15) is 5.82 Å². The molecule has 0 atom stereocenters. The molecule has 0 saturated carbocycles. The number of aromatic nitrogens is 2. The molecule has 0 aliphatic rings. The molecular formula is C20H18N4S. The first-order valence-electron chi connectivity index (χ1n) is 8.01. The maximum absolute atomic E-state index is 6.23. The highest BCUT2D eigenvalue weighted by molar-refractivity contribution is 7.18. The van der Waals surface area contributed by atoms with Crippen LogP contribution in [0.1, 0.15) is 11.4 Å². The fourth-order valence-corrected chi connectivity index (χ4v) is 4.22. The summed E-state index contributed by atoms with van der Waals surface area (Å²) in [6, 6.07) is 12.0. The highest BCUT2D eigenvalue weighted by atomic mass is 32.1. The van der Waals surface area contributed by atoms with Gasteiger partial charge in [-0.15, -0.1) is 11.3 Å². The normalized spacial score (nSPS) is 11.1. The van der Waals surface area contributed by atoms with Gasteiger partial charge in [0.2, 0.25) is 0 Å². The number of fused-ring (bicyclic) bond motifs is 1. The predicted molar refractivity (Wildman–Crippen MR) is 107 cm³/mol. The van der Waals surface area contributed by atoms with Crippen LogP contribution in [0.25, 0.3) is 32.3 Å². The zero-order chi connectivity index (χ0) is 17.6. The fraction of sp³-hybridized carbons (Fsp3) is 0.100. The molecule has 3 aromatic heterocycles. The average molecular weight is 346 g/mol. The summed E-state index contributed by atoms with van der Waals surface area (Å²) in [4.78, 5) is 9.04. The quantitative estimate of drug-likeness (QED) is 0.511. The molecule has 0 aliphatic carbocycles. The van der Waals surface area contributed by atoms with Crippen molar-refractivity contribution in [3.63, 3.8) is 0 Å². The molecule has 0 fully saturated rings. The summed E-state index contributed by atoms with van der Waals surface area (Å²) in [6.07, 6.45) is 1.85. The maximum atomic E-state index is 6.23. The van der Waals surface area contributed by atoms with Crippen LogP contribution in [0.2, 0.25) is 0 Å². The smallest absolute Gasteiger partial charge is 0.132 e. The number of aryl methyl sites for hydroxylation is 2. The Balaban J connectivity index is 1.97. The van der Waals surface area contributed by atoms with E-state index in [0.29, 0.717) is 5.82 Å². The minimum atomic E-state index is 0.546. The summed E-state index contributed by atoms with van der Waals surface area (Å²) in [6.45, 7) is 4.02. The van der Waals surface area contributed by atoms with Crippen molar-refractivity contribution in [2.75, 3.05) is 11.5 Å². The number of hydrogen-bond acceptors (Lipinski definition) is 5. The molecule has 0 aliphatic heterocycles. The molecule has 0 bridgehead atoms. The SMILES string of the molecule is Cc1ccc(-c2cnc(N)c3c(-c4ccc(N)cc4)csc23)c(C)n1. The van der Waals surface area contributed by atoms with Crippen molar-refractivity contribution in [2.24, 2.45) is 0 Å². The van der Waals surface area contributed by atoms with Crippen molar-refractivity contribution in [3.8, 4) is 22.3 Å². The van der Waals surface area contributed by atoms with Crippen LogP contribution in [-0.4, -0.2) is 9.97 Å². The van der Waals surface area contributed by atoms with E-state index in [2.05, 4.69) is 21.4 Å². The van der Waals surface area contributed by atoms with Gasteiger partial charge in [0.15, 0.2) is 0 Å². The lowest BCUT2D eigenvalue weighted by molar-refractivity contribution is 1.13. The first kappa shape index (κ1) is 15.6. The molecule has 0 saturated heterocycles. The Hall–Kier alpha value is -2.92. The number of hydrogen-bond donors (Lipinski definition) is 2. The predicted octanol–water partition coefficient (Wildman–Crippen LogP) is 4.81. The minimum Gasteiger partial charge on any atom is -0.399 e. The zero-order valence-electron chi connectivity index (χ0n) is 14.1. The van der Waals surface area contributed by atoms with E-state index in [1.807, 2.05) is 50.4 Å². The number of benzene rings is 1. The minimum absolute atomic E-state index is 0.546. The zero-order valence-corrected chi connectivity index (χ0v) is 14.9. The van der Waals surface area contributed by atoms with Crippen molar-refractivity contribution >= 4 is 32.9 Å². The van der Waals surface area contributed by atoms with Crippen molar-refractivity contribution in [1.29, 1.82) is 0 Å². The van der Waals surface area contributed by atoms with Crippen molar-refractivity contribution < 1.29 is 0 Å². The molecule has 1 aromatic carbocycles. The molecule has 4 N–H and O–H groups in total. The summed E-state index contributed by atoms with van der Waals surface area (Å²) < 4.78 is 1.13. The average Bonchev–Trinajstić information content (AvgIpc) is 3.03. The van der Waals surface area contributed by atoms with Crippen LogP contribution in [0.15, 0.2) is 48.0 Å². The van der Waals surface area contributed by atoms with E-state index >= 15 is 0 Å². The number of anilines is 2. The topological polar surface area (TPSA) is 77.8 Å². The number of rotatable bonds is 2. The molecule has 4 rings (SSSR count). The highest BCUT2D eigenvalue weighted by Gasteiger charge is 2.16. The van der Waals surface area contributed by atoms with E-state index in [0.717, 1.165) is 49.4 Å². The van der Waals surface area contributed by atoms with Crippen LogP contribution in [-0.2, 0) is 0 Å². The van der Waals surface area contributed by atoms with E-state index in [-0.39, 0.29) is 0 Å². The van der Waals surface area contributed by atoms with Gasteiger partial charge in [-0.3, -0.25) is 4.98 Å². The van der Waals surface area contributed by atoms with Crippen LogP contribution in [0, 0.1) is 13.8 Å². The number of nitrogens with two attached hydrogens (primary N) is 2. The lowest BCUT2D eigenvalue weighted by atomic mass is 10.0. The van der Waals surface area contributed by atoms with Crippen LogP contribution in [0.4, 0.5) is 11.5 Å². The maximum Gasteiger partial charge on any atom is 0.132 e. The Kier molecular flexibility index (Phi) is 3.66. The number of nitrogen functional groups attached to an aromatic ring is 2. The Morgan fingerprint density at radius 1 is 0.880 bits per heavy atom. The van der Waals surface area contributed by atoms with Gasteiger partial charge >= 0.3 is 0 Å². The summed E-state index contributed by atoms with van der Waals surface area (Å²) in [5.74, 6) is 0.546. The highest BCUT2D eigenvalue weighted by Crippen LogP contribution is 2.42. The van der Waals surface area contributed by atoms with Gasteiger partial charge in [-0.25, -0.2) is 4.98 Å². The Bertz CT molecular complexity index is 1080.